The van der Waals surface area contributed by atoms with E-state index in [1.807, 2.05) is 37.3 Å². The fraction of sp³-hybridized carbons (Fsp3) is 0.214. The molecule has 1 unspecified atom stereocenters. The average Bonchev–Trinajstić information content (AvgIpc) is 3.12. The van der Waals surface area contributed by atoms with Gasteiger partial charge in [-0.1, -0.05) is 49.4 Å². The van der Waals surface area contributed by atoms with Gasteiger partial charge < -0.3 is 14.7 Å². The first-order valence-corrected chi connectivity index (χ1v) is 11.3. The Morgan fingerprint density at radius 1 is 0.971 bits per heavy atom. The van der Waals surface area contributed by atoms with E-state index >= 15 is 0 Å². The molecule has 3 aromatic carbocycles. The summed E-state index contributed by atoms with van der Waals surface area (Å²) >= 11 is 0. The van der Waals surface area contributed by atoms with Gasteiger partial charge in [-0.2, -0.15) is 0 Å². The number of ketones is 1. The lowest BCUT2D eigenvalue weighted by Gasteiger charge is -2.25. The van der Waals surface area contributed by atoms with Crippen LogP contribution in [0.15, 0.2) is 84.4 Å². The minimum absolute atomic E-state index is 0.00750. The first-order chi connectivity index (χ1) is 16.5. The maximum absolute atomic E-state index is 13.4. The summed E-state index contributed by atoms with van der Waals surface area (Å²) in [7, 11) is 0. The minimum Gasteiger partial charge on any atom is -0.507 e. The minimum atomic E-state index is -0.769. The second-order valence-electron chi connectivity index (χ2n) is 8.15. The van der Waals surface area contributed by atoms with Crippen LogP contribution in [0, 0.1) is 5.82 Å². The molecule has 0 spiro atoms. The molecule has 1 atom stereocenters. The highest BCUT2D eigenvalue weighted by Gasteiger charge is 2.45. The molecule has 0 saturated carbocycles. The Bertz CT molecular complexity index is 1190. The molecule has 4 rings (SSSR count). The summed E-state index contributed by atoms with van der Waals surface area (Å²) in [6.45, 7) is 2.90. The number of halogens is 1. The van der Waals surface area contributed by atoms with Crippen molar-refractivity contribution in [1.82, 2.24) is 4.90 Å². The molecule has 3 aromatic rings. The zero-order valence-electron chi connectivity index (χ0n) is 18.9. The predicted octanol–water partition coefficient (Wildman–Crippen LogP) is 5.28. The molecule has 1 saturated heterocycles. The number of carbonyl (C=O) groups is 2. The van der Waals surface area contributed by atoms with Gasteiger partial charge in [0.1, 0.15) is 17.3 Å². The van der Waals surface area contributed by atoms with Crippen molar-refractivity contribution in [2.75, 3.05) is 13.2 Å². The smallest absolute Gasteiger partial charge is 0.295 e. The zero-order valence-corrected chi connectivity index (χ0v) is 18.9. The number of hydrogen-bond acceptors (Lipinski definition) is 4. The predicted molar refractivity (Wildman–Crippen MR) is 128 cm³/mol. The van der Waals surface area contributed by atoms with E-state index in [1.165, 1.54) is 29.2 Å². The number of carbonyl (C=O) groups excluding carboxylic acids is 2. The van der Waals surface area contributed by atoms with E-state index < -0.39 is 23.5 Å². The second kappa shape index (κ2) is 10.3. The van der Waals surface area contributed by atoms with Gasteiger partial charge in [0.2, 0.25) is 0 Å². The van der Waals surface area contributed by atoms with Crippen LogP contribution in [0.4, 0.5) is 4.39 Å². The maximum Gasteiger partial charge on any atom is 0.295 e. The molecule has 1 aliphatic heterocycles. The molecule has 0 aromatic heterocycles. The summed E-state index contributed by atoms with van der Waals surface area (Å²) in [4.78, 5) is 27.7. The molecule has 1 fully saturated rings. The lowest BCUT2D eigenvalue weighted by Crippen LogP contribution is -2.31. The van der Waals surface area contributed by atoms with Crippen LogP contribution in [-0.2, 0) is 16.0 Å². The summed E-state index contributed by atoms with van der Waals surface area (Å²) in [6, 6.07) is 21.3. The van der Waals surface area contributed by atoms with Crippen molar-refractivity contribution in [2.24, 2.45) is 0 Å². The van der Waals surface area contributed by atoms with Gasteiger partial charge in [-0.3, -0.25) is 9.59 Å². The van der Waals surface area contributed by atoms with E-state index in [0.29, 0.717) is 30.9 Å². The molecule has 5 nitrogen and oxygen atoms in total. The summed E-state index contributed by atoms with van der Waals surface area (Å²) in [5.41, 5.74) is 1.98. The number of amides is 1. The number of likely N-dealkylation sites (tertiary alicyclic amines) is 1. The van der Waals surface area contributed by atoms with Crippen LogP contribution in [-0.4, -0.2) is 34.8 Å². The number of rotatable bonds is 8. The van der Waals surface area contributed by atoms with Crippen molar-refractivity contribution in [3.63, 3.8) is 0 Å². The van der Waals surface area contributed by atoms with Crippen LogP contribution >= 0.6 is 0 Å². The average molecular weight is 460 g/mol. The van der Waals surface area contributed by atoms with Crippen molar-refractivity contribution in [2.45, 2.75) is 25.8 Å². The van der Waals surface area contributed by atoms with Crippen molar-refractivity contribution < 1.29 is 23.8 Å². The Morgan fingerprint density at radius 3 is 2.29 bits per heavy atom. The second-order valence-corrected chi connectivity index (χ2v) is 8.15. The number of aliphatic hydroxyl groups excluding tert-OH is 1. The topological polar surface area (TPSA) is 66.8 Å². The molecular formula is C28H26FNO4. The van der Waals surface area contributed by atoms with E-state index in [2.05, 4.69) is 0 Å². The van der Waals surface area contributed by atoms with Crippen LogP contribution < -0.4 is 4.74 Å². The van der Waals surface area contributed by atoms with Gasteiger partial charge in [-0.05, 0) is 60.4 Å². The van der Waals surface area contributed by atoms with E-state index in [9.17, 15) is 19.1 Å². The van der Waals surface area contributed by atoms with Gasteiger partial charge in [0.05, 0.1) is 18.2 Å². The highest BCUT2D eigenvalue weighted by atomic mass is 19.1. The third-order valence-corrected chi connectivity index (χ3v) is 5.81. The monoisotopic (exact) mass is 459 g/mol. The Balaban J connectivity index is 1.74. The Labute approximate surface area is 198 Å². The number of ether oxygens (including phenoxy) is 1. The first-order valence-electron chi connectivity index (χ1n) is 11.3. The summed E-state index contributed by atoms with van der Waals surface area (Å²) < 4.78 is 19.1. The summed E-state index contributed by atoms with van der Waals surface area (Å²) in [6.07, 6.45) is 1.43. The van der Waals surface area contributed by atoms with Crippen molar-refractivity contribution >= 4 is 17.4 Å². The van der Waals surface area contributed by atoms with E-state index in [0.717, 1.165) is 12.0 Å². The zero-order chi connectivity index (χ0) is 24.1. The largest absolute Gasteiger partial charge is 0.507 e. The third-order valence-electron chi connectivity index (χ3n) is 5.81. The molecule has 1 heterocycles. The Kier molecular flexibility index (Phi) is 7.07. The van der Waals surface area contributed by atoms with Crippen LogP contribution in [0.1, 0.15) is 36.1 Å². The Morgan fingerprint density at radius 2 is 1.65 bits per heavy atom. The molecule has 34 heavy (non-hydrogen) atoms. The van der Waals surface area contributed by atoms with Crippen LogP contribution in [0.5, 0.6) is 5.75 Å². The fourth-order valence-corrected chi connectivity index (χ4v) is 4.08. The van der Waals surface area contributed by atoms with E-state index in [4.69, 9.17) is 4.74 Å². The SMILES string of the molecule is CCCOc1ccc(C2C(=C(O)c3ccc(F)cc3)C(=O)C(=O)N2CCc2ccccc2)cc1. The maximum atomic E-state index is 13.4. The molecule has 0 radical (unpaired) electrons. The molecular weight excluding hydrogens is 433 g/mol. The van der Waals surface area contributed by atoms with E-state index in [-0.39, 0.29) is 16.9 Å². The van der Waals surface area contributed by atoms with Crippen LogP contribution in [0.25, 0.3) is 5.76 Å². The highest BCUT2D eigenvalue weighted by Crippen LogP contribution is 2.40. The Hall–Kier alpha value is -3.93. The summed E-state index contributed by atoms with van der Waals surface area (Å²) in [5, 5.41) is 11.0. The fourth-order valence-electron chi connectivity index (χ4n) is 4.08. The standard InChI is InChI=1S/C28H26FNO4/c1-2-18-34-23-14-10-20(11-15-23)25-24(26(31)21-8-12-22(29)13-9-21)27(32)28(33)30(25)17-16-19-6-4-3-5-7-19/h3-15,25,31H,2,16-18H2,1H3. The number of benzene rings is 3. The molecule has 0 aliphatic carbocycles. The molecule has 174 valence electrons. The lowest BCUT2D eigenvalue weighted by atomic mass is 9.95. The van der Waals surface area contributed by atoms with Gasteiger partial charge in [-0.25, -0.2) is 4.39 Å². The normalized spacial score (nSPS) is 17.2. The van der Waals surface area contributed by atoms with Gasteiger partial charge >= 0.3 is 0 Å². The summed E-state index contributed by atoms with van der Waals surface area (Å²) in [5.74, 6) is -1.52. The number of Topliss-reactive ketones (excluding diaryl/α,β-unsaturated/α-hetero) is 1. The molecule has 1 aliphatic rings. The molecule has 1 N–H and O–H groups in total. The number of nitrogens with zero attached hydrogens (tertiary/aromatic N) is 1. The molecule has 6 heteroatoms. The van der Waals surface area contributed by atoms with Crippen molar-refractivity contribution in [3.8, 4) is 5.75 Å². The van der Waals surface area contributed by atoms with Gasteiger partial charge in [0.25, 0.3) is 11.7 Å². The quantitative estimate of drug-likeness (QED) is 0.283. The number of hydrogen-bond donors (Lipinski definition) is 1. The van der Waals surface area contributed by atoms with Crippen molar-refractivity contribution in [3.05, 3.63) is 107 Å². The van der Waals surface area contributed by atoms with Gasteiger partial charge in [0, 0.05) is 12.1 Å². The highest BCUT2D eigenvalue weighted by molar-refractivity contribution is 6.46. The van der Waals surface area contributed by atoms with Gasteiger partial charge in [0.15, 0.2) is 0 Å². The van der Waals surface area contributed by atoms with Crippen LogP contribution in [0.3, 0.4) is 0 Å². The van der Waals surface area contributed by atoms with Crippen LogP contribution in [0.2, 0.25) is 0 Å². The lowest BCUT2D eigenvalue weighted by molar-refractivity contribution is -0.139. The van der Waals surface area contributed by atoms with Crippen molar-refractivity contribution in [1.29, 1.82) is 0 Å². The van der Waals surface area contributed by atoms with E-state index in [1.54, 1.807) is 24.3 Å². The molecule has 0 bridgehead atoms. The number of aliphatic hydroxyl groups is 1. The first kappa shape index (κ1) is 23.2. The molecule has 1 amide bonds. The van der Waals surface area contributed by atoms with Gasteiger partial charge in [-0.15, -0.1) is 0 Å². The third kappa shape index (κ3) is 4.86.